The molecule has 7 heteroatoms. The molecule has 2 aromatic rings. The largest absolute Gasteiger partial charge is 0.506 e. The van der Waals surface area contributed by atoms with Crippen LogP contribution >= 0.6 is 0 Å². The van der Waals surface area contributed by atoms with Gasteiger partial charge in [0.1, 0.15) is 12.4 Å². The van der Waals surface area contributed by atoms with E-state index in [2.05, 4.69) is 10.2 Å². The normalized spacial score (nSPS) is 18.9. The average molecular weight is 369 g/mol. The highest BCUT2D eigenvalue weighted by Gasteiger charge is 2.25. The number of amides is 2. The van der Waals surface area contributed by atoms with E-state index in [0.717, 1.165) is 11.4 Å². The number of rotatable bonds is 3. The first-order chi connectivity index (χ1) is 13.2. The van der Waals surface area contributed by atoms with Gasteiger partial charge in [0.05, 0.1) is 12.2 Å². The van der Waals surface area contributed by atoms with Crippen molar-refractivity contribution >= 4 is 11.7 Å². The molecule has 1 fully saturated rings. The van der Waals surface area contributed by atoms with Crippen molar-refractivity contribution in [3.63, 3.8) is 0 Å². The van der Waals surface area contributed by atoms with E-state index < -0.39 is 0 Å². The molecular formula is C20H23N3O4. The number of anilines is 1. The summed E-state index contributed by atoms with van der Waals surface area (Å²) in [6.07, 6.45) is -0.202. The number of hydrogen-bond acceptors (Lipinski definition) is 5. The average Bonchev–Trinajstić information content (AvgIpc) is 2.72. The zero-order chi connectivity index (χ0) is 18.6. The summed E-state index contributed by atoms with van der Waals surface area (Å²) in [5.74, 6) is 1.71. The van der Waals surface area contributed by atoms with E-state index in [9.17, 15) is 9.90 Å². The SMILES string of the molecule is O=C(NC[C@@H]1COc2ccccc2O1)N1CCN(c2ccccc2O)CC1. The third-order valence-corrected chi connectivity index (χ3v) is 4.84. The lowest BCUT2D eigenvalue weighted by Crippen LogP contribution is -2.53. The molecule has 0 saturated carbocycles. The minimum absolute atomic E-state index is 0.102. The van der Waals surface area contributed by atoms with E-state index in [1.54, 1.807) is 17.0 Å². The van der Waals surface area contributed by atoms with Crippen molar-refractivity contribution in [2.24, 2.45) is 0 Å². The molecule has 4 rings (SSSR count). The van der Waals surface area contributed by atoms with Gasteiger partial charge in [-0.3, -0.25) is 0 Å². The van der Waals surface area contributed by atoms with Crippen LogP contribution in [0.5, 0.6) is 17.2 Å². The molecule has 27 heavy (non-hydrogen) atoms. The second-order valence-electron chi connectivity index (χ2n) is 6.65. The van der Waals surface area contributed by atoms with Crippen LogP contribution in [-0.2, 0) is 0 Å². The minimum Gasteiger partial charge on any atom is -0.506 e. The Morgan fingerprint density at radius 3 is 2.52 bits per heavy atom. The molecule has 1 saturated heterocycles. The number of carbonyl (C=O) groups excluding carboxylic acids is 1. The smallest absolute Gasteiger partial charge is 0.317 e. The van der Waals surface area contributed by atoms with Gasteiger partial charge in [-0.15, -0.1) is 0 Å². The van der Waals surface area contributed by atoms with Crippen molar-refractivity contribution in [1.82, 2.24) is 10.2 Å². The summed E-state index contributed by atoms with van der Waals surface area (Å²) in [4.78, 5) is 16.3. The van der Waals surface area contributed by atoms with Crippen LogP contribution < -0.4 is 19.7 Å². The lowest BCUT2D eigenvalue weighted by molar-refractivity contribution is 0.0900. The molecule has 7 nitrogen and oxygen atoms in total. The van der Waals surface area contributed by atoms with Crippen LogP contribution in [0.15, 0.2) is 48.5 Å². The van der Waals surface area contributed by atoms with Crippen molar-refractivity contribution in [3.8, 4) is 17.2 Å². The van der Waals surface area contributed by atoms with E-state index >= 15 is 0 Å². The van der Waals surface area contributed by atoms with E-state index in [0.29, 0.717) is 45.1 Å². The molecule has 1 atom stereocenters. The number of para-hydroxylation sites is 4. The first-order valence-electron chi connectivity index (χ1n) is 9.15. The molecule has 0 unspecified atom stereocenters. The highest BCUT2D eigenvalue weighted by molar-refractivity contribution is 5.74. The predicted octanol–water partition coefficient (Wildman–Crippen LogP) is 2.06. The maximum Gasteiger partial charge on any atom is 0.317 e. The fourth-order valence-corrected chi connectivity index (χ4v) is 3.36. The Bertz CT molecular complexity index is 805. The molecule has 2 aromatic carbocycles. The zero-order valence-corrected chi connectivity index (χ0v) is 15.0. The van der Waals surface area contributed by atoms with Crippen LogP contribution in [0.1, 0.15) is 0 Å². The standard InChI is InChI=1S/C20H23N3O4/c24-17-6-2-1-5-16(17)22-9-11-23(12-10-22)20(25)21-13-15-14-26-18-7-3-4-8-19(18)27-15/h1-8,15,24H,9-14H2,(H,21,25)/t15-/m1/s1. The van der Waals surface area contributed by atoms with Crippen molar-refractivity contribution < 1.29 is 19.4 Å². The first-order valence-corrected chi connectivity index (χ1v) is 9.15. The number of benzene rings is 2. The van der Waals surface area contributed by atoms with Crippen LogP contribution in [-0.4, -0.2) is 61.5 Å². The molecule has 0 aliphatic carbocycles. The molecule has 0 bridgehead atoms. The van der Waals surface area contributed by atoms with Gasteiger partial charge in [0.15, 0.2) is 17.6 Å². The number of phenolic OH excluding ortho intramolecular Hbond substituents is 1. The molecular weight excluding hydrogens is 346 g/mol. The summed E-state index contributed by atoms with van der Waals surface area (Å²) in [7, 11) is 0. The number of aromatic hydroxyl groups is 1. The van der Waals surface area contributed by atoms with Gasteiger partial charge < -0.3 is 29.7 Å². The number of piperazine rings is 1. The maximum absolute atomic E-state index is 12.4. The van der Waals surface area contributed by atoms with E-state index in [-0.39, 0.29) is 17.9 Å². The van der Waals surface area contributed by atoms with Gasteiger partial charge in [0.2, 0.25) is 0 Å². The number of carbonyl (C=O) groups is 1. The van der Waals surface area contributed by atoms with Crippen molar-refractivity contribution in [2.75, 3.05) is 44.2 Å². The molecule has 2 aliphatic rings. The highest BCUT2D eigenvalue weighted by atomic mass is 16.6. The molecule has 2 heterocycles. The number of urea groups is 1. The van der Waals surface area contributed by atoms with E-state index in [4.69, 9.17) is 9.47 Å². The number of nitrogens with zero attached hydrogens (tertiary/aromatic N) is 2. The maximum atomic E-state index is 12.4. The van der Waals surface area contributed by atoms with Crippen LogP contribution in [0.4, 0.5) is 10.5 Å². The van der Waals surface area contributed by atoms with Crippen LogP contribution in [0.3, 0.4) is 0 Å². The van der Waals surface area contributed by atoms with Crippen LogP contribution in [0, 0.1) is 0 Å². The first kappa shape index (κ1) is 17.3. The van der Waals surface area contributed by atoms with Crippen molar-refractivity contribution in [2.45, 2.75) is 6.10 Å². The van der Waals surface area contributed by atoms with Gasteiger partial charge in [-0.25, -0.2) is 4.79 Å². The molecule has 2 amide bonds. The third-order valence-electron chi connectivity index (χ3n) is 4.84. The van der Waals surface area contributed by atoms with Crippen molar-refractivity contribution in [3.05, 3.63) is 48.5 Å². The van der Waals surface area contributed by atoms with Crippen molar-refractivity contribution in [1.29, 1.82) is 0 Å². The number of hydrogen-bond donors (Lipinski definition) is 2. The third kappa shape index (κ3) is 3.86. The minimum atomic E-state index is -0.202. The molecule has 2 N–H and O–H groups in total. The summed E-state index contributed by atoms with van der Waals surface area (Å²) in [6.45, 7) is 3.38. The molecule has 142 valence electrons. The molecule has 0 radical (unpaired) electrons. The summed E-state index contributed by atoms with van der Waals surface area (Å²) in [6, 6.07) is 14.7. The van der Waals surface area contributed by atoms with Crippen LogP contribution in [0.25, 0.3) is 0 Å². The number of phenols is 1. The fourth-order valence-electron chi connectivity index (χ4n) is 3.36. The van der Waals surface area contributed by atoms with Gasteiger partial charge in [-0.2, -0.15) is 0 Å². The quantitative estimate of drug-likeness (QED) is 0.866. The number of fused-ring (bicyclic) bond motifs is 1. The summed E-state index contributed by atoms with van der Waals surface area (Å²) < 4.78 is 11.5. The Hall–Kier alpha value is -3.09. The van der Waals surface area contributed by atoms with Gasteiger partial charge in [0, 0.05) is 26.2 Å². The molecule has 0 aromatic heterocycles. The summed E-state index contributed by atoms with van der Waals surface area (Å²) in [5, 5.41) is 12.9. The number of ether oxygens (including phenoxy) is 2. The Balaban J connectivity index is 1.25. The fraction of sp³-hybridized carbons (Fsp3) is 0.350. The van der Waals surface area contributed by atoms with Gasteiger partial charge in [-0.1, -0.05) is 24.3 Å². The highest BCUT2D eigenvalue weighted by Crippen LogP contribution is 2.30. The Kier molecular flexibility index (Phi) is 4.91. The Morgan fingerprint density at radius 1 is 1.04 bits per heavy atom. The van der Waals surface area contributed by atoms with Gasteiger partial charge >= 0.3 is 6.03 Å². The second-order valence-corrected chi connectivity index (χ2v) is 6.65. The molecule has 2 aliphatic heterocycles. The van der Waals surface area contributed by atoms with E-state index in [1.165, 1.54) is 0 Å². The number of nitrogens with one attached hydrogen (secondary N) is 1. The lowest BCUT2D eigenvalue weighted by Gasteiger charge is -2.36. The lowest BCUT2D eigenvalue weighted by atomic mass is 10.2. The van der Waals surface area contributed by atoms with Gasteiger partial charge in [-0.05, 0) is 24.3 Å². The zero-order valence-electron chi connectivity index (χ0n) is 15.0. The molecule has 0 spiro atoms. The monoisotopic (exact) mass is 369 g/mol. The summed E-state index contributed by atoms with van der Waals surface area (Å²) >= 11 is 0. The Labute approximate surface area is 158 Å². The topological polar surface area (TPSA) is 74.3 Å². The van der Waals surface area contributed by atoms with Crippen LogP contribution in [0.2, 0.25) is 0 Å². The predicted molar refractivity (Wildman–Crippen MR) is 102 cm³/mol. The second kappa shape index (κ2) is 7.65. The van der Waals surface area contributed by atoms with E-state index in [1.807, 2.05) is 36.4 Å². The Morgan fingerprint density at radius 2 is 1.74 bits per heavy atom. The van der Waals surface area contributed by atoms with Gasteiger partial charge in [0.25, 0.3) is 0 Å². The summed E-state index contributed by atoms with van der Waals surface area (Å²) in [5.41, 5.74) is 0.809.